The zero-order chi connectivity index (χ0) is 16.0. The zero-order valence-electron chi connectivity index (χ0n) is 12.3. The van der Waals surface area contributed by atoms with Crippen LogP contribution < -0.4 is 15.2 Å². The molecule has 1 atom stereocenters. The average Bonchev–Trinajstić information content (AvgIpc) is 2.35. The molecule has 1 unspecified atom stereocenters. The summed E-state index contributed by atoms with van der Waals surface area (Å²) in [5.41, 5.74) is 5.65. The molecule has 7 nitrogen and oxygen atoms in total. The summed E-state index contributed by atoms with van der Waals surface area (Å²) >= 11 is 4.96. The van der Waals surface area contributed by atoms with Crippen molar-refractivity contribution in [1.82, 2.24) is 9.44 Å². The first-order valence-electron chi connectivity index (χ1n) is 7.01. The predicted octanol–water partition coefficient (Wildman–Crippen LogP) is 1.19. The van der Waals surface area contributed by atoms with Gasteiger partial charge in [-0.15, -0.1) is 0 Å². The van der Waals surface area contributed by atoms with Crippen LogP contribution in [0, 0.1) is 5.92 Å². The van der Waals surface area contributed by atoms with Crippen LogP contribution in [-0.4, -0.2) is 31.6 Å². The summed E-state index contributed by atoms with van der Waals surface area (Å²) in [5, 5.41) is 0. The molecule has 1 aliphatic rings. The molecule has 0 bridgehead atoms. The van der Waals surface area contributed by atoms with Gasteiger partial charge in [-0.25, -0.2) is 9.52 Å². The minimum Gasteiger partial charge on any atom is -0.446 e. The Labute approximate surface area is 131 Å². The Morgan fingerprint density at radius 2 is 1.86 bits per heavy atom. The molecule has 0 aromatic rings. The highest BCUT2D eigenvalue weighted by molar-refractivity contribution is 7.88. The molecular formula is C12H23N3O4S2. The highest BCUT2D eigenvalue weighted by atomic mass is 32.2. The number of hydrogen-bond acceptors (Lipinski definition) is 5. The van der Waals surface area contributed by atoms with Crippen molar-refractivity contribution in [2.45, 2.75) is 58.1 Å². The van der Waals surface area contributed by atoms with Crippen molar-refractivity contribution in [2.75, 3.05) is 0 Å². The molecule has 0 heterocycles. The maximum atomic E-state index is 11.9. The lowest BCUT2D eigenvalue weighted by Crippen LogP contribution is -2.53. The van der Waals surface area contributed by atoms with Gasteiger partial charge in [0.05, 0.1) is 17.1 Å². The number of nitrogens with two attached hydrogens (primary N) is 1. The summed E-state index contributed by atoms with van der Waals surface area (Å²) < 4.78 is 32.8. The third kappa shape index (κ3) is 6.58. The van der Waals surface area contributed by atoms with E-state index in [-0.39, 0.29) is 10.9 Å². The largest absolute Gasteiger partial charge is 0.446 e. The van der Waals surface area contributed by atoms with E-state index in [1.165, 1.54) is 0 Å². The van der Waals surface area contributed by atoms with E-state index >= 15 is 0 Å². The Morgan fingerprint density at radius 1 is 1.29 bits per heavy atom. The van der Waals surface area contributed by atoms with Crippen LogP contribution in [0.4, 0.5) is 4.79 Å². The summed E-state index contributed by atoms with van der Waals surface area (Å²) in [6, 6.07) is -0.648. The number of carbonyl (C=O) groups excluding carboxylic acids is 1. The van der Waals surface area contributed by atoms with Crippen LogP contribution in [0.2, 0.25) is 0 Å². The van der Waals surface area contributed by atoms with Gasteiger partial charge in [0, 0.05) is 0 Å². The number of ether oxygens (including phenoxy) is 1. The zero-order valence-corrected chi connectivity index (χ0v) is 13.9. The number of carbonyl (C=O) groups is 1. The van der Waals surface area contributed by atoms with Crippen molar-refractivity contribution >= 4 is 33.5 Å². The molecule has 0 aliphatic heterocycles. The van der Waals surface area contributed by atoms with Crippen molar-refractivity contribution < 1.29 is 17.9 Å². The topological polar surface area (TPSA) is 111 Å². The molecule has 9 heteroatoms. The molecule has 1 fully saturated rings. The van der Waals surface area contributed by atoms with E-state index < -0.39 is 28.4 Å². The van der Waals surface area contributed by atoms with Crippen LogP contribution in [0.25, 0.3) is 0 Å². The van der Waals surface area contributed by atoms with Gasteiger partial charge in [0.1, 0.15) is 0 Å². The van der Waals surface area contributed by atoms with E-state index in [0.717, 1.165) is 32.1 Å². The molecule has 1 rings (SSSR count). The minimum atomic E-state index is -4.06. The monoisotopic (exact) mass is 337 g/mol. The molecule has 1 aliphatic carbocycles. The van der Waals surface area contributed by atoms with E-state index in [2.05, 4.69) is 4.72 Å². The van der Waals surface area contributed by atoms with Crippen LogP contribution in [-0.2, 0) is 14.9 Å². The minimum absolute atomic E-state index is 0.0638. The molecular weight excluding hydrogens is 314 g/mol. The van der Waals surface area contributed by atoms with Crippen LogP contribution in [0.5, 0.6) is 0 Å². The molecule has 0 radical (unpaired) electrons. The van der Waals surface area contributed by atoms with Crippen LogP contribution in [0.3, 0.4) is 0 Å². The highest BCUT2D eigenvalue weighted by Crippen LogP contribution is 2.26. The Hall–Kier alpha value is -0.930. The second kappa shape index (κ2) is 7.90. The first-order valence-corrected chi connectivity index (χ1v) is 8.90. The molecule has 0 saturated heterocycles. The highest BCUT2D eigenvalue weighted by Gasteiger charge is 2.30. The van der Waals surface area contributed by atoms with Crippen LogP contribution >= 0.6 is 12.2 Å². The molecule has 21 heavy (non-hydrogen) atoms. The van der Waals surface area contributed by atoms with Gasteiger partial charge >= 0.3 is 16.3 Å². The molecule has 0 aromatic carbocycles. The van der Waals surface area contributed by atoms with Crippen LogP contribution in [0.15, 0.2) is 0 Å². The van der Waals surface area contributed by atoms with Gasteiger partial charge in [-0.2, -0.15) is 13.1 Å². The lowest BCUT2D eigenvalue weighted by Gasteiger charge is -2.29. The summed E-state index contributed by atoms with van der Waals surface area (Å²) in [4.78, 5) is 11.5. The van der Waals surface area contributed by atoms with Gasteiger partial charge in [0.15, 0.2) is 0 Å². The van der Waals surface area contributed by atoms with Gasteiger partial charge in [0.25, 0.3) is 0 Å². The molecule has 122 valence electrons. The van der Waals surface area contributed by atoms with E-state index in [0.29, 0.717) is 0 Å². The van der Waals surface area contributed by atoms with E-state index in [9.17, 15) is 13.2 Å². The quantitative estimate of drug-likeness (QED) is 0.628. The Balaban J connectivity index is 2.68. The smallest absolute Gasteiger partial charge is 0.422 e. The van der Waals surface area contributed by atoms with Gasteiger partial charge in [-0.05, 0) is 32.6 Å². The van der Waals surface area contributed by atoms with E-state index in [4.69, 9.17) is 22.7 Å². The van der Waals surface area contributed by atoms with Crippen molar-refractivity contribution in [3.8, 4) is 0 Å². The summed E-state index contributed by atoms with van der Waals surface area (Å²) in [6.45, 7) is 3.25. The lowest BCUT2D eigenvalue weighted by atomic mass is 9.84. The fourth-order valence-corrected chi connectivity index (χ4v) is 3.70. The summed E-state index contributed by atoms with van der Waals surface area (Å²) in [7, 11) is -4.06. The second-order valence-corrected chi connectivity index (χ2v) is 7.37. The number of thiocarbonyl (C=S) groups is 1. The number of nitrogens with one attached hydrogen (secondary N) is 2. The number of hydrogen-bond donors (Lipinski definition) is 3. The van der Waals surface area contributed by atoms with Gasteiger partial charge in [-0.1, -0.05) is 31.5 Å². The number of rotatable bonds is 6. The fraction of sp³-hybridized carbons (Fsp3) is 0.833. The normalized spacial score (nSPS) is 18.2. The Bertz CT molecular complexity index is 473. The van der Waals surface area contributed by atoms with Gasteiger partial charge < -0.3 is 10.5 Å². The average molecular weight is 337 g/mol. The predicted molar refractivity (Wildman–Crippen MR) is 84.0 cm³/mol. The maximum absolute atomic E-state index is 11.9. The molecule has 1 amide bonds. The fourth-order valence-electron chi connectivity index (χ4n) is 2.40. The van der Waals surface area contributed by atoms with Gasteiger partial charge in [0.2, 0.25) is 0 Å². The first kappa shape index (κ1) is 18.1. The summed E-state index contributed by atoms with van der Waals surface area (Å²) in [6.07, 6.45) is 3.46. The summed E-state index contributed by atoms with van der Waals surface area (Å²) in [5.74, 6) is 0.0638. The van der Waals surface area contributed by atoms with Gasteiger partial charge in [-0.3, -0.25) is 0 Å². The third-order valence-electron chi connectivity index (χ3n) is 3.27. The van der Waals surface area contributed by atoms with Crippen molar-refractivity contribution in [2.24, 2.45) is 11.7 Å². The molecule has 0 aromatic heterocycles. The molecule has 1 saturated carbocycles. The van der Waals surface area contributed by atoms with Crippen molar-refractivity contribution in [3.63, 3.8) is 0 Å². The molecule has 4 N–H and O–H groups in total. The Kier molecular flexibility index (Phi) is 6.82. The second-order valence-electron chi connectivity index (χ2n) is 5.46. The molecule has 0 spiro atoms. The number of amides is 1. The Morgan fingerprint density at radius 3 is 2.33 bits per heavy atom. The third-order valence-corrected chi connectivity index (χ3v) is 4.52. The van der Waals surface area contributed by atoms with E-state index in [1.54, 1.807) is 18.6 Å². The standard InChI is InChI=1S/C12H23N3O4S2/c1-8(2)19-12(16)15-21(17,18)14-10(11(13)20)9-6-4-3-5-7-9/h8-10,14H,3-7H2,1-2H3,(H2,13,20)(H,15,16). The van der Waals surface area contributed by atoms with Crippen LogP contribution in [0.1, 0.15) is 46.0 Å². The SMILES string of the molecule is CC(C)OC(=O)NS(=O)(=O)NC(C(N)=S)C1CCCCC1. The first-order chi connectivity index (χ1) is 9.71. The lowest BCUT2D eigenvalue weighted by molar-refractivity contribution is 0.121. The van der Waals surface area contributed by atoms with E-state index in [1.807, 2.05) is 0 Å². The van der Waals surface area contributed by atoms with Crippen molar-refractivity contribution in [1.29, 1.82) is 0 Å². The van der Waals surface area contributed by atoms with Crippen molar-refractivity contribution in [3.05, 3.63) is 0 Å². The maximum Gasteiger partial charge on any atom is 0.422 e.